The summed E-state index contributed by atoms with van der Waals surface area (Å²) in [5.74, 6) is 0. The van der Waals surface area contributed by atoms with Crippen LogP contribution in [-0.2, 0) is 0 Å². The molecule has 2 nitrogen and oxygen atoms in total. The Morgan fingerprint density at radius 2 is 1.80 bits per heavy atom. The van der Waals surface area contributed by atoms with Gasteiger partial charge in [0.25, 0.3) is 0 Å². The molecule has 5 heavy (non-hydrogen) atoms. The van der Waals surface area contributed by atoms with Crippen molar-refractivity contribution in [2.24, 2.45) is 0 Å². The number of hydrogen-bond acceptors (Lipinski definition) is 1. The van der Waals surface area contributed by atoms with Gasteiger partial charge in [-0.15, -0.1) is 16.8 Å². The highest BCUT2D eigenvalue weighted by atomic mass is 35.5. The Morgan fingerprint density at radius 1 is 1.80 bits per heavy atom. The Bertz CT molecular complexity index is 32.6. The molecule has 0 saturated carbocycles. The van der Waals surface area contributed by atoms with Gasteiger partial charge in [-0.3, -0.25) is 0 Å². The van der Waals surface area contributed by atoms with Crippen molar-refractivity contribution in [2.45, 2.75) is 0 Å². The lowest BCUT2D eigenvalue weighted by Gasteiger charge is -1.53. The third-order valence-corrected chi connectivity index (χ3v) is 0. The van der Waals surface area contributed by atoms with Gasteiger partial charge in [0.1, 0.15) is 0 Å². The van der Waals surface area contributed by atoms with Crippen LogP contribution in [-0.4, -0.2) is 11.3 Å². The summed E-state index contributed by atoms with van der Waals surface area (Å²) in [5, 5.41) is 6.75. The minimum absolute atomic E-state index is 0. The lowest BCUT2D eigenvalue weighted by Crippen LogP contribution is -1.69. The summed E-state index contributed by atoms with van der Waals surface area (Å²) < 4.78 is 9.92. The van der Waals surface area contributed by atoms with Crippen LogP contribution in [0.1, 0.15) is 0 Å². The van der Waals surface area contributed by atoms with Crippen molar-refractivity contribution in [1.82, 2.24) is 0 Å². The molecular formula is CH2ClFO2. The van der Waals surface area contributed by atoms with Gasteiger partial charge in [0.15, 0.2) is 0 Å². The lowest BCUT2D eigenvalue weighted by atomic mass is 11.5. The monoisotopic (exact) mass is 100.0 g/mol. The fraction of sp³-hybridized carbons (Fsp3) is 0. The highest BCUT2D eigenvalue weighted by Gasteiger charge is 1.74. The van der Waals surface area contributed by atoms with E-state index >= 15 is 0 Å². The molecule has 0 spiro atoms. The van der Waals surface area contributed by atoms with Crippen molar-refractivity contribution < 1.29 is 14.3 Å². The molecule has 0 aromatic heterocycles. The third-order valence-electron chi connectivity index (χ3n) is 0. The first-order valence-electron chi connectivity index (χ1n) is 0.617. The van der Waals surface area contributed by atoms with Crippen LogP contribution >= 0.6 is 12.4 Å². The van der Waals surface area contributed by atoms with E-state index in [1.54, 1.807) is 0 Å². The van der Waals surface area contributed by atoms with E-state index in [0.717, 1.165) is 0 Å². The van der Waals surface area contributed by atoms with Crippen LogP contribution in [0, 0.1) is 0 Å². The highest BCUT2D eigenvalue weighted by Crippen LogP contribution is 1.58. The van der Waals surface area contributed by atoms with Crippen LogP contribution in [0.2, 0.25) is 0 Å². The van der Waals surface area contributed by atoms with Crippen LogP contribution in [0.5, 0.6) is 0 Å². The second-order valence-corrected chi connectivity index (χ2v) is 0.253. The molecule has 32 valence electrons. The fourth-order valence-electron chi connectivity index (χ4n) is 0. The SMILES string of the molecule is Cl.O=C(O)F. The molecule has 0 fully saturated rings. The summed E-state index contributed by atoms with van der Waals surface area (Å²) in [5.41, 5.74) is 0. The Labute approximate surface area is 34.0 Å². The first-order chi connectivity index (χ1) is 1.73. The van der Waals surface area contributed by atoms with Crippen molar-refractivity contribution in [3.63, 3.8) is 0 Å². The summed E-state index contributed by atoms with van der Waals surface area (Å²) >= 11 is 0. The second kappa shape index (κ2) is 3.69. The van der Waals surface area contributed by atoms with Gasteiger partial charge in [-0.2, -0.15) is 0 Å². The molecule has 0 heterocycles. The van der Waals surface area contributed by atoms with Crippen LogP contribution in [0.4, 0.5) is 9.18 Å². The molecule has 0 atom stereocenters. The van der Waals surface area contributed by atoms with Crippen molar-refractivity contribution in [3.05, 3.63) is 0 Å². The van der Waals surface area contributed by atoms with Gasteiger partial charge < -0.3 is 5.11 Å². The van der Waals surface area contributed by atoms with Gasteiger partial charge in [-0.1, -0.05) is 0 Å². The summed E-state index contributed by atoms with van der Waals surface area (Å²) in [7, 11) is 0. The van der Waals surface area contributed by atoms with Crippen molar-refractivity contribution in [1.29, 1.82) is 0 Å². The van der Waals surface area contributed by atoms with Crippen LogP contribution in [0.25, 0.3) is 0 Å². The van der Waals surface area contributed by atoms with Gasteiger partial charge in [-0.05, 0) is 0 Å². The molecule has 0 bridgehead atoms. The fourth-order valence-corrected chi connectivity index (χ4v) is 0. The maximum atomic E-state index is 9.92. The minimum Gasteiger partial charge on any atom is -0.456 e. The molecule has 0 aliphatic carbocycles. The topological polar surface area (TPSA) is 37.3 Å². The Hall–Kier alpha value is -0.310. The standard InChI is InChI=1S/CHFO2.ClH/c2-1(3)4;/h(H,3,4);1H. The first kappa shape index (κ1) is 8.83. The summed E-state index contributed by atoms with van der Waals surface area (Å²) in [4.78, 5) is 8.33. The van der Waals surface area contributed by atoms with Crippen LogP contribution in [0.15, 0.2) is 0 Å². The van der Waals surface area contributed by atoms with Gasteiger partial charge >= 0.3 is 6.22 Å². The average Bonchev–Trinajstić information content (AvgIpc) is 0.811. The second-order valence-electron chi connectivity index (χ2n) is 0.253. The van der Waals surface area contributed by atoms with Crippen LogP contribution in [0.3, 0.4) is 0 Å². The maximum Gasteiger partial charge on any atom is 0.492 e. The smallest absolute Gasteiger partial charge is 0.456 e. The molecule has 0 saturated heterocycles. The molecule has 4 heteroatoms. The zero-order valence-corrected chi connectivity index (χ0v) is 2.96. The molecule has 0 aromatic carbocycles. The Kier molecular flexibility index (Phi) is 6.51. The Balaban J connectivity index is 0. The summed E-state index contributed by atoms with van der Waals surface area (Å²) in [6.07, 6.45) is -2.33. The molecule has 0 amide bonds. The number of carbonyl (C=O) groups is 1. The molecule has 0 rings (SSSR count). The number of halogens is 2. The normalized spacial score (nSPS) is 5.00. The van der Waals surface area contributed by atoms with Crippen molar-refractivity contribution in [2.75, 3.05) is 0 Å². The van der Waals surface area contributed by atoms with E-state index in [9.17, 15) is 4.39 Å². The quantitative estimate of drug-likeness (QED) is 0.462. The molecular weight excluding hydrogens is 98.5 g/mol. The predicted octanol–water partition coefficient (Wildman–Crippen LogP) is 1.06. The zero-order valence-electron chi connectivity index (χ0n) is 2.14. The van der Waals surface area contributed by atoms with E-state index < -0.39 is 6.22 Å². The van der Waals surface area contributed by atoms with E-state index in [-0.39, 0.29) is 12.4 Å². The molecule has 0 aliphatic heterocycles. The number of rotatable bonds is 0. The molecule has 1 N–H and O–H groups in total. The van der Waals surface area contributed by atoms with E-state index in [2.05, 4.69) is 0 Å². The summed E-state index contributed by atoms with van der Waals surface area (Å²) in [6, 6.07) is 0. The highest BCUT2D eigenvalue weighted by molar-refractivity contribution is 5.85. The first-order valence-corrected chi connectivity index (χ1v) is 0.617. The predicted molar refractivity (Wildman–Crippen MR) is 16.4 cm³/mol. The van der Waals surface area contributed by atoms with Gasteiger partial charge in [-0.25, -0.2) is 4.79 Å². The van der Waals surface area contributed by atoms with Crippen molar-refractivity contribution >= 4 is 18.6 Å². The van der Waals surface area contributed by atoms with Crippen molar-refractivity contribution in [3.8, 4) is 0 Å². The average molecular weight is 100 g/mol. The zero-order chi connectivity index (χ0) is 3.58. The van der Waals surface area contributed by atoms with Gasteiger partial charge in [0.2, 0.25) is 0 Å². The molecule has 0 aromatic rings. The largest absolute Gasteiger partial charge is 0.492 e. The third kappa shape index (κ3) is 110. The minimum atomic E-state index is -2.33. The lowest BCUT2D eigenvalue weighted by molar-refractivity contribution is 0.169. The van der Waals surface area contributed by atoms with Gasteiger partial charge in [0.05, 0.1) is 0 Å². The van der Waals surface area contributed by atoms with E-state index in [4.69, 9.17) is 9.90 Å². The molecule has 0 radical (unpaired) electrons. The van der Waals surface area contributed by atoms with E-state index in [0.29, 0.717) is 0 Å². The Morgan fingerprint density at radius 3 is 1.80 bits per heavy atom. The number of hydrogen-bond donors (Lipinski definition) is 1. The number of carboxylic acid groups (broad SMARTS) is 1. The van der Waals surface area contributed by atoms with Gasteiger partial charge in [0, 0.05) is 0 Å². The van der Waals surface area contributed by atoms with E-state index in [1.807, 2.05) is 0 Å². The summed E-state index contributed by atoms with van der Waals surface area (Å²) in [6.45, 7) is 0. The molecule has 0 aliphatic rings. The van der Waals surface area contributed by atoms with E-state index in [1.165, 1.54) is 0 Å². The van der Waals surface area contributed by atoms with Crippen LogP contribution < -0.4 is 0 Å². The maximum absolute atomic E-state index is 9.92. The molecule has 0 unspecified atom stereocenters.